The molecule has 1 aromatic rings. The third-order valence-corrected chi connectivity index (χ3v) is 5.11. The van der Waals surface area contributed by atoms with E-state index in [9.17, 15) is 0 Å². The summed E-state index contributed by atoms with van der Waals surface area (Å²) >= 11 is 1.91. The smallest absolute Gasteiger partial charge is 0.148 e. The van der Waals surface area contributed by atoms with Crippen LogP contribution in [0.15, 0.2) is 6.33 Å². The Balaban J connectivity index is 2.79. The van der Waals surface area contributed by atoms with Gasteiger partial charge in [0.2, 0.25) is 0 Å². The second-order valence-electron chi connectivity index (χ2n) is 4.29. The first-order valence-electron chi connectivity index (χ1n) is 6.19. The zero-order valence-electron chi connectivity index (χ0n) is 11.6. The second-order valence-corrected chi connectivity index (χ2v) is 5.56. The SMILES string of the molecule is CCC(CC)(CNc1ncnc(NN)c1C)SC. The highest BCUT2D eigenvalue weighted by molar-refractivity contribution is 8.00. The van der Waals surface area contributed by atoms with E-state index in [4.69, 9.17) is 5.84 Å². The molecule has 0 aliphatic rings. The minimum Gasteiger partial charge on any atom is -0.368 e. The number of nitrogens with one attached hydrogen (secondary N) is 2. The highest BCUT2D eigenvalue weighted by Gasteiger charge is 2.25. The number of thioether (sulfide) groups is 1. The molecule has 18 heavy (non-hydrogen) atoms. The van der Waals surface area contributed by atoms with Crippen LogP contribution < -0.4 is 16.6 Å². The molecule has 0 aromatic carbocycles. The van der Waals surface area contributed by atoms with Crippen LogP contribution in [0.3, 0.4) is 0 Å². The molecular weight excluding hydrogens is 246 g/mol. The maximum atomic E-state index is 5.41. The van der Waals surface area contributed by atoms with Crippen LogP contribution >= 0.6 is 11.8 Å². The van der Waals surface area contributed by atoms with Crippen molar-refractivity contribution in [3.8, 4) is 0 Å². The first-order chi connectivity index (χ1) is 8.62. The van der Waals surface area contributed by atoms with E-state index < -0.39 is 0 Å². The Bertz CT molecular complexity index is 370. The molecule has 102 valence electrons. The summed E-state index contributed by atoms with van der Waals surface area (Å²) in [6, 6.07) is 0. The van der Waals surface area contributed by atoms with E-state index in [1.54, 1.807) is 0 Å². The molecule has 5 nitrogen and oxygen atoms in total. The Hall–Kier alpha value is -1.01. The predicted octanol–water partition coefficient (Wildman–Crippen LogP) is 2.40. The van der Waals surface area contributed by atoms with Gasteiger partial charge in [0.15, 0.2) is 0 Å². The highest BCUT2D eigenvalue weighted by Crippen LogP contribution is 2.31. The van der Waals surface area contributed by atoms with Gasteiger partial charge >= 0.3 is 0 Å². The van der Waals surface area contributed by atoms with Gasteiger partial charge in [0.25, 0.3) is 0 Å². The largest absolute Gasteiger partial charge is 0.368 e. The van der Waals surface area contributed by atoms with E-state index >= 15 is 0 Å². The molecule has 0 fully saturated rings. The Labute approximate surface area is 113 Å². The minimum absolute atomic E-state index is 0.258. The van der Waals surface area contributed by atoms with Crippen molar-refractivity contribution < 1.29 is 0 Å². The molecule has 0 saturated heterocycles. The molecule has 0 saturated carbocycles. The van der Waals surface area contributed by atoms with E-state index in [1.807, 2.05) is 18.7 Å². The van der Waals surface area contributed by atoms with E-state index in [0.29, 0.717) is 5.82 Å². The van der Waals surface area contributed by atoms with Crippen LogP contribution in [-0.4, -0.2) is 27.5 Å². The van der Waals surface area contributed by atoms with E-state index in [0.717, 1.165) is 30.8 Å². The van der Waals surface area contributed by atoms with Gasteiger partial charge in [0.05, 0.1) is 0 Å². The zero-order chi connectivity index (χ0) is 13.6. The third-order valence-electron chi connectivity index (χ3n) is 3.52. The normalized spacial score (nSPS) is 11.4. The second kappa shape index (κ2) is 6.80. The number of anilines is 2. The van der Waals surface area contributed by atoms with Crippen molar-refractivity contribution in [1.29, 1.82) is 0 Å². The van der Waals surface area contributed by atoms with Gasteiger partial charge in [-0.15, -0.1) is 0 Å². The summed E-state index contributed by atoms with van der Waals surface area (Å²) in [5, 5.41) is 3.41. The Morgan fingerprint density at radius 3 is 2.39 bits per heavy atom. The third kappa shape index (κ3) is 3.26. The number of nitrogens with zero attached hydrogens (tertiary/aromatic N) is 2. The van der Waals surface area contributed by atoms with Crippen LogP contribution in [-0.2, 0) is 0 Å². The predicted molar refractivity (Wildman–Crippen MR) is 79.9 cm³/mol. The molecule has 0 aliphatic carbocycles. The van der Waals surface area contributed by atoms with Gasteiger partial charge < -0.3 is 10.7 Å². The van der Waals surface area contributed by atoms with Crippen molar-refractivity contribution in [1.82, 2.24) is 9.97 Å². The number of hydrogen-bond acceptors (Lipinski definition) is 6. The van der Waals surface area contributed by atoms with Gasteiger partial charge in [-0.2, -0.15) is 11.8 Å². The fraction of sp³-hybridized carbons (Fsp3) is 0.667. The topological polar surface area (TPSA) is 75.9 Å². The lowest BCUT2D eigenvalue weighted by Crippen LogP contribution is -2.32. The molecule has 0 aliphatic heterocycles. The van der Waals surface area contributed by atoms with Crippen LogP contribution in [0.4, 0.5) is 11.6 Å². The molecule has 0 amide bonds. The van der Waals surface area contributed by atoms with Crippen LogP contribution in [0.2, 0.25) is 0 Å². The molecule has 1 rings (SSSR count). The molecular formula is C12H23N5S. The van der Waals surface area contributed by atoms with E-state index in [1.165, 1.54) is 6.33 Å². The zero-order valence-corrected chi connectivity index (χ0v) is 12.4. The molecule has 0 spiro atoms. The van der Waals surface area contributed by atoms with E-state index in [2.05, 4.69) is 40.8 Å². The van der Waals surface area contributed by atoms with Crippen molar-refractivity contribution in [2.45, 2.75) is 38.4 Å². The van der Waals surface area contributed by atoms with Gasteiger partial charge in [0, 0.05) is 16.9 Å². The van der Waals surface area contributed by atoms with Crippen LogP contribution in [0.5, 0.6) is 0 Å². The summed E-state index contributed by atoms with van der Waals surface area (Å²) in [7, 11) is 0. The summed E-state index contributed by atoms with van der Waals surface area (Å²) < 4.78 is 0.258. The summed E-state index contributed by atoms with van der Waals surface area (Å²) in [6.07, 6.45) is 5.94. The van der Waals surface area contributed by atoms with Crippen molar-refractivity contribution in [2.24, 2.45) is 5.84 Å². The summed E-state index contributed by atoms with van der Waals surface area (Å²) in [5.41, 5.74) is 3.52. The molecule has 0 unspecified atom stereocenters. The maximum Gasteiger partial charge on any atom is 0.148 e. The number of nitrogen functional groups attached to an aromatic ring is 1. The van der Waals surface area contributed by atoms with Crippen molar-refractivity contribution in [2.75, 3.05) is 23.5 Å². The van der Waals surface area contributed by atoms with Crippen LogP contribution in [0.1, 0.15) is 32.3 Å². The Kier molecular flexibility index (Phi) is 5.68. The van der Waals surface area contributed by atoms with Gasteiger partial charge in [-0.05, 0) is 26.0 Å². The average molecular weight is 269 g/mol. The lowest BCUT2D eigenvalue weighted by atomic mass is 10.0. The van der Waals surface area contributed by atoms with Gasteiger partial charge in [-0.25, -0.2) is 15.8 Å². The number of hydrazine groups is 1. The summed E-state index contributed by atoms with van der Waals surface area (Å²) in [6.45, 7) is 7.29. The van der Waals surface area contributed by atoms with Crippen molar-refractivity contribution >= 4 is 23.4 Å². The van der Waals surface area contributed by atoms with Gasteiger partial charge in [-0.1, -0.05) is 13.8 Å². The minimum atomic E-state index is 0.258. The lowest BCUT2D eigenvalue weighted by molar-refractivity contribution is 0.573. The first kappa shape index (κ1) is 15.0. The number of hydrogen-bond donors (Lipinski definition) is 3. The molecule has 4 N–H and O–H groups in total. The molecule has 1 aromatic heterocycles. The van der Waals surface area contributed by atoms with Gasteiger partial charge in [-0.3, -0.25) is 0 Å². The molecule has 0 bridgehead atoms. The Morgan fingerprint density at radius 2 is 1.89 bits per heavy atom. The highest BCUT2D eigenvalue weighted by atomic mass is 32.2. The van der Waals surface area contributed by atoms with Crippen LogP contribution in [0.25, 0.3) is 0 Å². The average Bonchev–Trinajstić information content (AvgIpc) is 2.42. The number of rotatable bonds is 7. The fourth-order valence-electron chi connectivity index (χ4n) is 1.88. The fourth-order valence-corrected chi connectivity index (χ4v) is 2.67. The maximum absolute atomic E-state index is 5.41. The first-order valence-corrected chi connectivity index (χ1v) is 7.42. The summed E-state index contributed by atoms with van der Waals surface area (Å²) in [4.78, 5) is 8.34. The Morgan fingerprint density at radius 1 is 1.28 bits per heavy atom. The van der Waals surface area contributed by atoms with Crippen molar-refractivity contribution in [3.63, 3.8) is 0 Å². The summed E-state index contributed by atoms with van der Waals surface area (Å²) in [5.74, 6) is 6.92. The van der Waals surface area contributed by atoms with Crippen molar-refractivity contribution in [3.05, 3.63) is 11.9 Å². The van der Waals surface area contributed by atoms with E-state index in [-0.39, 0.29) is 4.75 Å². The molecule has 6 heteroatoms. The number of nitrogens with two attached hydrogens (primary N) is 1. The lowest BCUT2D eigenvalue weighted by Gasteiger charge is -2.30. The quantitative estimate of drug-likeness (QED) is 0.521. The molecule has 1 heterocycles. The van der Waals surface area contributed by atoms with Gasteiger partial charge in [0.1, 0.15) is 18.0 Å². The molecule has 0 atom stereocenters. The monoisotopic (exact) mass is 269 g/mol. The number of aromatic nitrogens is 2. The van der Waals surface area contributed by atoms with Crippen LogP contribution in [0, 0.1) is 6.92 Å². The standard InChI is InChI=1S/C12H23N5S/c1-5-12(6-2,18-4)7-14-10-9(3)11(17-13)16-8-15-10/h8H,5-7,13H2,1-4H3,(H2,14,15,16,17). The molecule has 0 radical (unpaired) electrons.